The van der Waals surface area contributed by atoms with Gasteiger partial charge in [-0.2, -0.15) is 0 Å². The van der Waals surface area contributed by atoms with Crippen LogP contribution in [0.25, 0.3) is 0 Å². The molecule has 2 heterocycles. The van der Waals surface area contributed by atoms with E-state index in [0.717, 1.165) is 19.3 Å². The van der Waals surface area contributed by atoms with Gasteiger partial charge in [-0.1, -0.05) is 6.92 Å². The quantitative estimate of drug-likeness (QED) is 0.851. The second-order valence-corrected chi connectivity index (χ2v) is 6.53. The number of carbonyl (C=O) groups is 3. The van der Waals surface area contributed by atoms with E-state index >= 15 is 0 Å². The summed E-state index contributed by atoms with van der Waals surface area (Å²) >= 11 is 0. The lowest BCUT2D eigenvalue weighted by Gasteiger charge is -2.36. The molecule has 2 amide bonds. The third kappa shape index (κ3) is 4.41. The molecule has 2 rings (SSSR count). The SMILES string of the molecule is CCCC(=O)N1CCCCC1C(=O)N(C)Cc1cc(C(=O)O)c(C)o1. The molecular weight excluding hydrogens is 324 g/mol. The van der Waals surface area contributed by atoms with Crippen molar-refractivity contribution in [2.45, 2.75) is 58.5 Å². The Bertz CT molecular complexity index is 652. The smallest absolute Gasteiger partial charge is 0.339 e. The molecule has 1 N–H and O–H groups in total. The molecule has 0 spiro atoms. The molecule has 1 aromatic heterocycles. The molecule has 0 aromatic carbocycles. The van der Waals surface area contributed by atoms with Crippen LogP contribution in [0.4, 0.5) is 0 Å². The third-order valence-corrected chi connectivity index (χ3v) is 4.54. The summed E-state index contributed by atoms with van der Waals surface area (Å²) < 4.78 is 5.44. The Hall–Kier alpha value is -2.31. The van der Waals surface area contributed by atoms with Crippen molar-refractivity contribution in [1.82, 2.24) is 9.80 Å². The monoisotopic (exact) mass is 350 g/mol. The average Bonchev–Trinajstić information content (AvgIpc) is 2.95. The van der Waals surface area contributed by atoms with Crippen LogP contribution >= 0.6 is 0 Å². The van der Waals surface area contributed by atoms with E-state index in [4.69, 9.17) is 9.52 Å². The van der Waals surface area contributed by atoms with Gasteiger partial charge in [-0.05, 0) is 38.7 Å². The lowest BCUT2D eigenvalue weighted by Crippen LogP contribution is -2.52. The first-order valence-corrected chi connectivity index (χ1v) is 8.72. The summed E-state index contributed by atoms with van der Waals surface area (Å²) in [6.07, 6.45) is 3.71. The molecule has 1 fully saturated rings. The van der Waals surface area contributed by atoms with Crippen LogP contribution in [0.15, 0.2) is 10.5 Å². The molecule has 7 heteroatoms. The number of amides is 2. The van der Waals surface area contributed by atoms with Gasteiger partial charge in [0.05, 0.1) is 6.54 Å². The van der Waals surface area contributed by atoms with Crippen molar-refractivity contribution in [2.24, 2.45) is 0 Å². The Morgan fingerprint density at radius 2 is 2.08 bits per heavy atom. The Balaban J connectivity index is 2.08. The predicted octanol–water partition coefficient (Wildman–Crippen LogP) is 2.43. The van der Waals surface area contributed by atoms with Crippen LogP contribution in [0.1, 0.15) is 60.9 Å². The number of hydrogen-bond acceptors (Lipinski definition) is 4. The number of aromatic carboxylic acids is 1. The Morgan fingerprint density at radius 1 is 1.36 bits per heavy atom. The fourth-order valence-corrected chi connectivity index (χ4v) is 3.24. The van der Waals surface area contributed by atoms with Gasteiger partial charge in [-0.25, -0.2) is 4.79 Å². The van der Waals surface area contributed by atoms with Crippen LogP contribution in [-0.4, -0.2) is 52.3 Å². The largest absolute Gasteiger partial charge is 0.478 e. The van der Waals surface area contributed by atoms with Crippen molar-refractivity contribution in [3.8, 4) is 0 Å². The van der Waals surface area contributed by atoms with E-state index in [1.54, 1.807) is 18.9 Å². The van der Waals surface area contributed by atoms with E-state index in [1.165, 1.54) is 11.0 Å². The molecule has 0 bridgehead atoms. The number of likely N-dealkylation sites (N-methyl/N-ethyl adjacent to an activating group) is 1. The standard InChI is InChI=1S/C18H26N2O5/c1-4-7-16(21)20-9-6-5-8-15(20)17(22)19(3)11-13-10-14(18(23)24)12(2)25-13/h10,15H,4-9,11H2,1-3H3,(H,23,24). The Morgan fingerprint density at radius 3 is 2.68 bits per heavy atom. The maximum Gasteiger partial charge on any atom is 0.339 e. The van der Waals surface area contributed by atoms with Gasteiger partial charge in [0.15, 0.2) is 0 Å². The first-order chi connectivity index (χ1) is 11.8. The van der Waals surface area contributed by atoms with Crippen molar-refractivity contribution in [3.05, 3.63) is 23.2 Å². The van der Waals surface area contributed by atoms with E-state index in [-0.39, 0.29) is 23.9 Å². The van der Waals surface area contributed by atoms with Crippen LogP contribution in [0, 0.1) is 6.92 Å². The number of furan rings is 1. The van der Waals surface area contributed by atoms with Crippen molar-refractivity contribution in [1.29, 1.82) is 0 Å². The topological polar surface area (TPSA) is 91.1 Å². The van der Waals surface area contributed by atoms with Crippen LogP contribution in [-0.2, 0) is 16.1 Å². The summed E-state index contributed by atoms with van der Waals surface area (Å²) in [6.45, 7) is 4.33. The molecule has 1 aliphatic heterocycles. The molecule has 0 aliphatic carbocycles. The molecule has 1 saturated heterocycles. The van der Waals surface area contributed by atoms with Gasteiger partial charge in [0.2, 0.25) is 11.8 Å². The zero-order valence-corrected chi connectivity index (χ0v) is 15.1. The molecule has 0 saturated carbocycles. The number of carboxylic acids is 1. The number of rotatable bonds is 6. The van der Waals surface area contributed by atoms with Crippen LogP contribution in [0.3, 0.4) is 0 Å². The molecule has 0 radical (unpaired) electrons. The lowest BCUT2D eigenvalue weighted by atomic mass is 10.00. The van der Waals surface area contributed by atoms with E-state index in [9.17, 15) is 14.4 Å². The van der Waals surface area contributed by atoms with Crippen molar-refractivity contribution >= 4 is 17.8 Å². The van der Waals surface area contributed by atoms with Gasteiger partial charge in [0.25, 0.3) is 0 Å². The van der Waals surface area contributed by atoms with Gasteiger partial charge in [-0.15, -0.1) is 0 Å². The molecule has 7 nitrogen and oxygen atoms in total. The molecule has 1 atom stereocenters. The highest BCUT2D eigenvalue weighted by atomic mass is 16.4. The first kappa shape index (κ1) is 19.0. The van der Waals surface area contributed by atoms with Crippen LogP contribution in [0.5, 0.6) is 0 Å². The maximum atomic E-state index is 12.8. The van der Waals surface area contributed by atoms with E-state index in [2.05, 4.69) is 0 Å². The molecule has 1 aliphatic rings. The van der Waals surface area contributed by atoms with E-state index < -0.39 is 12.0 Å². The molecule has 1 aromatic rings. The summed E-state index contributed by atoms with van der Waals surface area (Å²) in [4.78, 5) is 39.4. The molecule has 138 valence electrons. The second kappa shape index (κ2) is 8.18. The van der Waals surface area contributed by atoms with Gasteiger partial charge >= 0.3 is 5.97 Å². The summed E-state index contributed by atoms with van der Waals surface area (Å²) in [7, 11) is 1.65. The minimum Gasteiger partial charge on any atom is -0.478 e. The van der Waals surface area contributed by atoms with Gasteiger partial charge in [0, 0.05) is 20.0 Å². The predicted molar refractivity (Wildman–Crippen MR) is 91.1 cm³/mol. The number of nitrogens with zero attached hydrogens (tertiary/aromatic N) is 2. The summed E-state index contributed by atoms with van der Waals surface area (Å²) in [5.74, 6) is -0.412. The zero-order chi connectivity index (χ0) is 18.6. The number of carbonyl (C=O) groups excluding carboxylic acids is 2. The highest BCUT2D eigenvalue weighted by Gasteiger charge is 2.33. The van der Waals surface area contributed by atoms with Crippen molar-refractivity contribution in [2.75, 3.05) is 13.6 Å². The number of aryl methyl sites for hydroxylation is 1. The summed E-state index contributed by atoms with van der Waals surface area (Å²) in [5.41, 5.74) is 0.105. The first-order valence-electron chi connectivity index (χ1n) is 8.72. The number of hydrogen-bond donors (Lipinski definition) is 1. The fraction of sp³-hybridized carbons (Fsp3) is 0.611. The van der Waals surface area contributed by atoms with Crippen LogP contribution in [0.2, 0.25) is 0 Å². The molecule has 1 unspecified atom stereocenters. The maximum absolute atomic E-state index is 12.8. The zero-order valence-electron chi connectivity index (χ0n) is 15.1. The van der Waals surface area contributed by atoms with Gasteiger partial charge < -0.3 is 19.3 Å². The number of carboxylic acid groups (broad SMARTS) is 1. The van der Waals surface area contributed by atoms with Gasteiger partial charge in [-0.3, -0.25) is 9.59 Å². The number of piperidine rings is 1. The van der Waals surface area contributed by atoms with E-state index in [0.29, 0.717) is 30.9 Å². The highest BCUT2D eigenvalue weighted by Crippen LogP contribution is 2.22. The van der Waals surface area contributed by atoms with Crippen LogP contribution < -0.4 is 0 Å². The second-order valence-electron chi connectivity index (χ2n) is 6.53. The Kier molecular flexibility index (Phi) is 6.22. The van der Waals surface area contributed by atoms with Crippen molar-refractivity contribution in [3.63, 3.8) is 0 Å². The highest BCUT2D eigenvalue weighted by molar-refractivity contribution is 5.89. The van der Waals surface area contributed by atoms with E-state index in [1.807, 2.05) is 6.92 Å². The Labute approximate surface area is 147 Å². The number of likely N-dealkylation sites (tertiary alicyclic amines) is 1. The molecule has 25 heavy (non-hydrogen) atoms. The van der Waals surface area contributed by atoms with Crippen molar-refractivity contribution < 1.29 is 23.9 Å². The normalized spacial score (nSPS) is 17.4. The fourth-order valence-electron chi connectivity index (χ4n) is 3.24. The minimum absolute atomic E-state index is 0.0240. The average molecular weight is 350 g/mol. The lowest BCUT2D eigenvalue weighted by molar-refractivity contribution is -0.147. The summed E-state index contributed by atoms with van der Waals surface area (Å²) in [5, 5.41) is 9.09. The third-order valence-electron chi connectivity index (χ3n) is 4.54. The minimum atomic E-state index is -1.05. The summed E-state index contributed by atoms with van der Waals surface area (Å²) in [6, 6.07) is 1.01. The van der Waals surface area contributed by atoms with Gasteiger partial charge in [0.1, 0.15) is 23.1 Å². The molecular formula is C18H26N2O5.